The molecule has 1 fully saturated rings. The molecule has 3 rings (SSSR count). The molecule has 1 heterocycles. The highest BCUT2D eigenvalue weighted by Gasteiger charge is 2.52. The molecule has 1 aromatic rings. The van der Waals surface area contributed by atoms with Gasteiger partial charge in [0.25, 0.3) is 0 Å². The quantitative estimate of drug-likeness (QED) is 0.386. The second-order valence-electron chi connectivity index (χ2n) is 8.39. The Morgan fingerprint density at radius 3 is 2.21 bits per heavy atom. The zero-order chi connectivity index (χ0) is 25.2. The summed E-state index contributed by atoms with van der Waals surface area (Å²) in [6, 6.07) is 6.44. The van der Waals surface area contributed by atoms with Crippen LogP contribution in [0.25, 0.3) is 0 Å². The Balaban J connectivity index is 1.90. The van der Waals surface area contributed by atoms with E-state index in [0.717, 1.165) is 26.3 Å². The van der Waals surface area contributed by atoms with E-state index in [-0.39, 0.29) is 23.8 Å². The highest BCUT2D eigenvalue weighted by atomic mass is 32.2. The number of ether oxygens (including phenoxy) is 3. The lowest BCUT2D eigenvalue weighted by molar-refractivity contribution is -0.179. The number of allylic oxidation sites excluding steroid dienone is 1. The summed E-state index contributed by atoms with van der Waals surface area (Å²) in [4.78, 5) is 47.9. The van der Waals surface area contributed by atoms with E-state index in [9.17, 15) is 27.6 Å². The fraction of sp³-hybridized carbons (Fsp3) is 0.478. The molecule has 10 nitrogen and oxygen atoms in total. The molecule has 11 heteroatoms. The van der Waals surface area contributed by atoms with Gasteiger partial charge in [-0.1, -0.05) is 17.7 Å². The van der Waals surface area contributed by atoms with Crippen molar-refractivity contribution in [2.45, 2.75) is 44.8 Å². The summed E-state index contributed by atoms with van der Waals surface area (Å²) in [5, 5.41) is 0. The highest BCUT2D eigenvalue weighted by molar-refractivity contribution is 7.89. The van der Waals surface area contributed by atoms with Gasteiger partial charge in [0, 0.05) is 39.8 Å². The van der Waals surface area contributed by atoms with E-state index >= 15 is 0 Å². The molecule has 184 valence electrons. The molecule has 0 saturated carbocycles. The number of fused-ring (bicyclic) bond motifs is 1. The summed E-state index contributed by atoms with van der Waals surface area (Å²) < 4.78 is 43.2. The highest BCUT2D eigenvalue weighted by Crippen LogP contribution is 2.41. The molecule has 1 saturated heterocycles. The van der Waals surface area contributed by atoms with Crippen molar-refractivity contribution in [3.8, 4) is 0 Å². The molecule has 1 aromatic carbocycles. The molecule has 0 unspecified atom stereocenters. The summed E-state index contributed by atoms with van der Waals surface area (Å²) in [7, 11) is -3.83. The molecule has 0 radical (unpaired) electrons. The van der Waals surface area contributed by atoms with Crippen LogP contribution in [0.3, 0.4) is 0 Å². The number of aryl methyl sites for hydroxylation is 1. The largest absolute Gasteiger partial charge is 0.462 e. The molecule has 4 atom stereocenters. The van der Waals surface area contributed by atoms with Crippen LogP contribution in [0.2, 0.25) is 0 Å². The molecule has 0 N–H and O–H groups in total. The first-order valence-electron chi connectivity index (χ1n) is 10.7. The number of rotatable bonds is 8. The fourth-order valence-electron chi connectivity index (χ4n) is 4.31. The average molecular weight is 494 g/mol. The number of benzene rings is 1. The van der Waals surface area contributed by atoms with Crippen LogP contribution in [0.4, 0.5) is 0 Å². The Labute approximate surface area is 197 Å². The topological polar surface area (TPSA) is 133 Å². The van der Waals surface area contributed by atoms with Gasteiger partial charge in [0.15, 0.2) is 18.0 Å². The summed E-state index contributed by atoms with van der Waals surface area (Å²) in [6.45, 7) is 4.86. The van der Waals surface area contributed by atoms with E-state index in [2.05, 4.69) is 0 Å². The lowest BCUT2D eigenvalue weighted by Crippen LogP contribution is -2.47. The SMILES string of the molecule is CC(=O)OC[C@@H](OC(C)=O)[C@@H](OC(C)=O)[C@H]1C(=O)C=C2CN(S(=O)(=O)c3ccc(C)cc3)C[C@@H]21. The maximum Gasteiger partial charge on any atom is 0.303 e. The van der Waals surface area contributed by atoms with Crippen molar-refractivity contribution in [1.82, 2.24) is 4.31 Å². The van der Waals surface area contributed by atoms with Gasteiger partial charge in [-0.05, 0) is 30.7 Å². The smallest absolute Gasteiger partial charge is 0.303 e. The number of carbonyl (C=O) groups excluding carboxylic acids is 4. The minimum Gasteiger partial charge on any atom is -0.462 e. The lowest BCUT2D eigenvalue weighted by Gasteiger charge is -2.32. The van der Waals surface area contributed by atoms with Gasteiger partial charge in [-0.3, -0.25) is 19.2 Å². The number of hydrogen-bond acceptors (Lipinski definition) is 9. The number of carbonyl (C=O) groups is 4. The predicted octanol–water partition coefficient (Wildman–Crippen LogP) is 1.17. The Morgan fingerprint density at radius 1 is 1.03 bits per heavy atom. The third-order valence-corrected chi connectivity index (χ3v) is 7.60. The van der Waals surface area contributed by atoms with Gasteiger partial charge in [-0.25, -0.2) is 8.42 Å². The van der Waals surface area contributed by atoms with Crippen LogP contribution >= 0.6 is 0 Å². The second kappa shape index (κ2) is 10.1. The van der Waals surface area contributed by atoms with E-state index < -0.39 is 58.6 Å². The molecule has 1 aliphatic heterocycles. The first kappa shape index (κ1) is 25.6. The van der Waals surface area contributed by atoms with Crippen LogP contribution in [0.5, 0.6) is 0 Å². The lowest BCUT2D eigenvalue weighted by atomic mass is 9.85. The van der Waals surface area contributed by atoms with Gasteiger partial charge in [0.2, 0.25) is 10.0 Å². The molecule has 2 aliphatic rings. The minimum absolute atomic E-state index is 0.0120. The van der Waals surface area contributed by atoms with Crippen molar-refractivity contribution in [2.75, 3.05) is 19.7 Å². The van der Waals surface area contributed by atoms with E-state index in [1.807, 2.05) is 6.92 Å². The van der Waals surface area contributed by atoms with Crippen LogP contribution in [-0.2, 0) is 43.4 Å². The van der Waals surface area contributed by atoms with Gasteiger partial charge < -0.3 is 14.2 Å². The summed E-state index contributed by atoms with van der Waals surface area (Å²) >= 11 is 0. The first-order valence-corrected chi connectivity index (χ1v) is 12.1. The normalized spacial score (nSPS) is 21.9. The van der Waals surface area contributed by atoms with Gasteiger partial charge in [0.1, 0.15) is 6.61 Å². The van der Waals surface area contributed by atoms with E-state index in [0.29, 0.717) is 5.57 Å². The summed E-state index contributed by atoms with van der Waals surface area (Å²) in [5.41, 5.74) is 1.50. The van der Waals surface area contributed by atoms with Gasteiger partial charge in [0.05, 0.1) is 10.8 Å². The number of sulfonamides is 1. The Morgan fingerprint density at radius 2 is 1.65 bits per heavy atom. The second-order valence-corrected chi connectivity index (χ2v) is 10.3. The third-order valence-electron chi connectivity index (χ3n) is 5.77. The van der Waals surface area contributed by atoms with Crippen LogP contribution in [0.15, 0.2) is 40.8 Å². The average Bonchev–Trinajstić information content (AvgIpc) is 3.26. The van der Waals surface area contributed by atoms with Crippen LogP contribution in [0, 0.1) is 18.8 Å². The van der Waals surface area contributed by atoms with E-state index in [4.69, 9.17) is 14.2 Å². The van der Waals surface area contributed by atoms with Crippen molar-refractivity contribution >= 4 is 33.7 Å². The maximum absolute atomic E-state index is 13.2. The number of esters is 3. The Hall–Kier alpha value is -3.05. The third kappa shape index (κ3) is 5.53. The monoisotopic (exact) mass is 493 g/mol. The number of nitrogens with zero attached hydrogens (tertiary/aromatic N) is 1. The van der Waals surface area contributed by atoms with Crippen molar-refractivity contribution in [2.24, 2.45) is 11.8 Å². The Bertz CT molecular complexity index is 1120. The zero-order valence-corrected chi connectivity index (χ0v) is 20.2. The van der Waals surface area contributed by atoms with Crippen LogP contribution in [0.1, 0.15) is 26.3 Å². The standard InChI is InChI=1S/C23H27NO9S/c1-13-5-7-18(8-6-13)34(29,30)24-10-17-9-20(28)22(19(17)11-24)23(33-16(4)27)21(32-15(3)26)12-31-14(2)25/h5-9,19,21-23H,10-12H2,1-4H3/t19-,21+,22+,23+/m0/s1. The minimum atomic E-state index is -3.83. The predicted molar refractivity (Wildman–Crippen MR) is 118 cm³/mol. The summed E-state index contributed by atoms with van der Waals surface area (Å²) in [5.74, 6) is -4.06. The molecule has 0 amide bonds. The maximum atomic E-state index is 13.2. The summed E-state index contributed by atoms with van der Waals surface area (Å²) in [6.07, 6.45) is -1.16. The number of hydrogen-bond donors (Lipinski definition) is 0. The fourth-order valence-corrected chi connectivity index (χ4v) is 5.76. The molecular weight excluding hydrogens is 466 g/mol. The molecular formula is C23H27NO9S. The van der Waals surface area contributed by atoms with Crippen LogP contribution in [-0.4, -0.2) is 68.3 Å². The van der Waals surface area contributed by atoms with Gasteiger partial charge in [-0.15, -0.1) is 0 Å². The molecule has 0 bridgehead atoms. The number of ketones is 1. The van der Waals surface area contributed by atoms with Crippen molar-refractivity contribution in [3.05, 3.63) is 41.5 Å². The van der Waals surface area contributed by atoms with Gasteiger partial charge in [-0.2, -0.15) is 4.31 Å². The van der Waals surface area contributed by atoms with Gasteiger partial charge >= 0.3 is 17.9 Å². The van der Waals surface area contributed by atoms with Crippen molar-refractivity contribution < 1.29 is 41.8 Å². The molecule has 34 heavy (non-hydrogen) atoms. The van der Waals surface area contributed by atoms with E-state index in [1.54, 1.807) is 12.1 Å². The zero-order valence-electron chi connectivity index (χ0n) is 19.3. The van der Waals surface area contributed by atoms with Crippen molar-refractivity contribution in [1.29, 1.82) is 0 Å². The Kier molecular flexibility index (Phi) is 7.57. The van der Waals surface area contributed by atoms with E-state index in [1.165, 1.54) is 22.5 Å². The molecule has 1 aliphatic carbocycles. The molecule has 0 spiro atoms. The molecule has 0 aromatic heterocycles. The first-order chi connectivity index (χ1) is 15.9. The van der Waals surface area contributed by atoms with Crippen molar-refractivity contribution in [3.63, 3.8) is 0 Å². The van der Waals surface area contributed by atoms with Crippen LogP contribution < -0.4 is 0 Å².